The third-order valence-electron chi connectivity index (χ3n) is 5.15. The van der Waals surface area contributed by atoms with Crippen LogP contribution in [0.15, 0.2) is 48.5 Å². The molecule has 0 radical (unpaired) electrons. The molecule has 2 aromatic rings. The van der Waals surface area contributed by atoms with Gasteiger partial charge in [0.25, 0.3) is 0 Å². The number of nitrogens with one attached hydrogen (secondary N) is 1. The fourth-order valence-electron chi connectivity index (χ4n) is 3.87. The number of aryl methyl sites for hydroxylation is 1. The van der Waals surface area contributed by atoms with Crippen LogP contribution < -0.4 is 16.8 Å². The second-order valence-corrected chi connectivity index (χ2v) is 7.22. The highest BCUT2D eigenvalue weighted by atomic mass is 15.2. The van der Waals surface area contributed by atoms with Crippen LogP contribution in [0.4, 0.5) is 5.82 Å². The van der Waals surface area contributed by atoms with Crippen molar-refractivity contribution < 1.29 is 0 Å². The maximum atomic E-state index is 5.84. The van der Waals surface area contributed by atoms with E-state index < -0.39 is 0 Å². The summed E-state index contributed by atoms with van der Waals surface area (Å²) < 4.78 is 0. The highest BCUT2D eigenvalue weighted by molar-refractivity contribution is 5.29. The van der Waals surface area contributed by atoms with E-state index in [-0.39, 0.29) is 0 Å². The molecule has 140 valence electrons. The quantitative estimate of drug-likeness (QED) is 0.598. The fraction of sp³-hybridized carbons (Fsp3) is 0.476. The Morgan fingerprint density at radius 3 is 2.69 bits per heavy atom. The first-order valence-electron chi connectivity index (χ1n) is 9.65. The van der Waals surface area contributed by atoms with Crippen molar-refractivity contribution in [3.63, 3.8) is 0 Å². The smallest absolute Gasteiger partial charge is 0.123 e. The van der Waals surface area contributed by atoms with E-state index in [0.29, 0.717) is 24.3 Å². The molecule has 2 atom stereocenters. The minimum absolute atomic E-state index is 0.487. The van der Waals surface area contributed by atoms with E-state index in [2.05, 4.69) is 51.6 Å². The zero-order valence-electron chi connectivity index (χ0n) is 15.5. The summed E-state index contributed by atoms with van der Waals surface area (Å²) in [7, 11) is 0. The van der Waals surface area contributed by atoms with Gasteiger partial charge in [0.05, 0.1) is 0 Å². The number of nitrogens with zero attached hydrogens (tertiary/aromatic N) is 2. The van der Waals surface area contributed by atoms with Gasteiger partial charge in [-0.05, 0) is 49.4 Å². The lowest BCUT2D eigenvalue weighted by molar-refractivity contribution is 0.330. The van der Waals surface area contributed by atoms with Crippen molar-refractivity contribution in [2.75, 3.05) is 38.5 Å². The molecule has 0 bridgehead atoms. The van der Waals surface area contributed by atoms with Crippen LogP contribution in [-0.4, -0.2) is 48.6 Å². The van der Waals surface area contributed by atoms with Gasteiger partial charge >= 0.3 is 0 Å². The van der Waals surface area contributed by atoms with Crippen molar-refractivity contribution in [2.45, 2.75) is 25.3 Å². The van der Waals surface area contributed by atoms with Crippen LogP contribution in [0.25, 0.3) is 0 Å². The lowest BCUT2D eigenvalue weighted by Gasteiger charge is -2.20. The second-order valence-electron chi connectivity index (χ2n) is 7.22. The van der Waals surface area contributed by atoms with Gasteiger partial charge in [-0.3, -0.25) is 0 Å². The van der Waals surface area contributed by atoms with Gasteiger partial charge in [-0.15, -0.1) is 0 Å². The molecule has 1 aromatic heterocycles. The minimum atomic E-state index is 0.487. The SMILES string of the molecule is NCCN1CC(NCCCc2ccccc2)[C@@H](Cc2cccc(N)n2)C1. The van der Waals surface area contributed by atoms with Gasteiger partial charge in [-0.2, -0.15) is 0 Å². The maximum absolute atomic E-state index is 5.84. The molecule has 0 spiro atoms. The van der Waals surface area contributed by atoms with E-state index in [1.54, 1.807) is 0 Å². The summed E-state index contributed by atoms with van der Waals surface area (Å²) in [4.78, 5) is 6.95. The van der Waals surface area contributed by atoms with E-state index in [0.717, 1.165) is 51.1 Å². The van der Waals surface area contributed by atoms with Crippen molar-refractivity contribution in [1.82, 2.24) is 15.2 Å². The number of pyridine rings is 1. The summed E-state index contributed by atoms with van der Waals surface area (Å²) in [5, 5.41) is 3.78. The molecule has 1 aliphatic heterocycles. The summed E-state index contributed by atoms with van der Waals surface area (Å²) in [6.45, 7) is 4.85. The Morgan fingerprint density at radius 2 is 1.92 bits per heavy atom. The Balaban J connectivity index is 1.52. The normalized spacial score (nSPS) is 20.5. The largest absolute Gasteiger partial charge is 0.384 e. The Morgan fingerprint density at radius 1 is 1.08 bits per heavy atom. The molecule has 26 heavy (non-hydrogen) atoms. The predicted molar refractivity (Wildman–Crippen MR) is 108 cm³/mol. The topological polar surface area (TPSA) is 80.2 Å². The van der Waals surface area contributed by atoms with E-state index >= 15 is 0 Å². The number of nitrogens with two attached hydrogens (primary N) is 2. The van der Waals surface area contributed by atoms with Gasteiger partial charge in [0.15, 0.2) is 0 Å². The Bertz CT molecular complexity index is 660. The van der Waals surface area contributed by atoms with Gasteiger partial charge in [-0.1, -0.05) is 36.4 Å². The van der Waals surface area contributed by atoms with Crippen molar-refractivity contribution in [1.29, 1.82) is 0 Å². The molecule has 1 unspecified atom stereocenters. The van der Waals surface area contributed by atoms with Gasteiger partial charge in [0, 0.05) is 37.9 Å². The summed E-state index contributed by atoms with van der Waals surface area (Å²) in [5.74, 6) is 1.15. The zero-order chi connectivity index (χ0) is 18.2. The number of hydrogen-bond acceptors (Lipinski definition) is 5. The van der Waals surface area contributed by atoms with Gasteiger partial charge < -0.3 is 21.7 Å². The lowest BCUT2D eigenvalue weighted by Crippen LogP contribution is -2.38. The highest BCUT2D eigenvalue weighted by Crippen LogP contribution is 2.21. The van der Waals surface area contributed by atoms with Crippen molar-refractivity contribution >= 4 is 5.82 Å². The molecule has 0 amide bonds. The number of likely N-dealkylation sites (tertiary alicyclic amines) is 1. The molecule has 1 aliphatic rings. The van der Waals surface area contributed by atoms with E-state index in [4.69, 9.17) is 11.5 Å². The fourth-order valence-corrected chi connectivity index (χ4v) is 3.87. The number of benzene rings is 1. The molecule has 5 heteroatoms. The highest BCUT2D eigenvalue weighted by Gasteiger charge is 2.32. The molecule has 2 heterocycles. The summed E-state index contributed by atoms with van der Waals surface area (Å²) in [6, 6.07) is 17.1. The summed E-state index contributed by atoms with van der Waals surface area (Å²) in [6.07, 6.45) is 3.23. The van der Waals surface area contributed by atoms with Crippen LogP contribution in [0.3, 0.4) is 0 Å². The molecule has 1 saturated heterocycles. The van der Waals surface area contributed by atoms with Crippen LogP contribution in [0.1, 0.15) is 17.7 Å². The van der Waals surface area contributed by atoms with E-state index in [1.807, 2.05) is 12.1 Å². The molecular formula is C21H31N5. The molecular weight excluding hydrogens is 322 g/mol. The second kappa shape index (κ2) is 9.67. The van der Waals surface area contributed by atoms with Crippen LogP contribution in [0, 0.1) is 5.92 Å². The number of rotatable bonds is 9. The number of aromatic nitrogens is 1. The zero-order valence-corrected chi connectivity index (χ0v) is 15.5. The molecule has 5 N–H and O–H groups in total. The molecule has 0 aliphatic carbocycles. The van der Waals surface area contributed by atoms with Crippen molar-refractivity contribution in [2.24, 2.45) is 11.7 Å². The molecule has 1 fully saturated rings. The summed E-state index contributed by atoms with van der Waals surface area (Å²) >= 11 is 0. The van der Waals surface area contributed by atoms with Crippen LogP contribution >= 0.6 is 0 Å². The maximum Gasteiger partial charge on any atom is 0.123 e. The first-order chi connectivity index (χ1) is 12.7. The van der Waals surface area contributed by atoms with E-state index in [9.17, 15) is 0 Å². The van der Waals surface area contributed by atoms with Crippen LogP contribution in [0.2, 0.25) is 0 Å². The molecule has 1 aromatic carbocycles. The monoisotopic (exact) mass is 353 g/mol. The Labute approximate surface area is 156 Å². The third-order valence-corrected chi connectivity index (χ3v) is 5.15. The number of anilines is 1. The molecule has 0 saturated carbocycles. The van der Waals surface area contributed by atoms with Gasteiger partial charge in [0.1, 0.15) is 5.82 Å². The molecule has 5 nitrogen and oxygen atoms in total. The Hall–Kier alpha value is -1.95. The average Bonchev–Trinajstić information content (AvgIpc) is 3.01. The first-order valence-corrected chi connectivity index (χ1v) is 9.65. The number of hydrogen-bond donors (Lipinski definition) is 3. The number of nitrogen functional groups attached to an aromatic ring is 1. The summed E-state index contributed by atoms with van der Waals surface area (Å²) in [5.41, 5.74) is 14.1. The third kappa shape index (κ3) is 5.53. The average molecular weight is 354 g/mol. The standard InChI is InChI=1S/C21H31N5/c22-11-13-26-15-18(14-19-9-4-10-21(23)25-19)20(16-26)24-12-5-8-17-6-2-1-3-7-17/h1-4,6-7,9-10,18,20,24H,5,8,11-16,22H2,(H2,23,25)/t18-,20?/m0/s1. The molecule has 3 rings (SSSR count). The van der Waals surface area contributed by atoms with Crippen molar-refractivity contribution in [3.05, 3.63) is 59.8 Å². The van der Waals surface area contributed by atoms with Crippen LogP contribution in [0.5, 0.6) is 0 Å². The lowest BCUT2D eigenvalue weighted by atomic mass is 9.97. The van der Waals surface area contributed by atoms with Gasteiger partial charge in [-0.25, -0.2) is 4.98 Å². The van der Waals surface area contributed by atoms with E-state index in [1.165, 1.54) is 5.56 Å². The van der Waals surface area contributed by atoms with Gasteiger partial charge in [0.2, 0.25) is 0 Å². The Kier molecular flexibility index (Phi) is 7.00. The minimum Gasteiger partial charge on any atom is -0.384 e. The first kappa shape index (κ1) is 18.8. The van der Waals surface area contributed by atoms with Crippen molar-refractivity contribution in [3.8, 4) is 0 Å². The predicted octanol–water partition coefficient (Wildman–Crippen LogP) is 1.69. The van der Waals surface area contributed by atoms with Crippen LogP contribution in [-0.2, 0) is 12.8 Å².